The van der Waals surface area contributed by atoms with Gasteiger partial charge in [-0.2, -0.15) is 0 Å². The second-order valence-corrected chi connectivity index (χ2v) is 11.7. The van der Waals surface area contributed by atoms with Crippen LogP contribution in [0, 0.1) is 40.9 Å². The molecule has 0 aliphatic heterocycles. The summed E-state index contributed by atoms with van der Waals surface area (Å²) in [6.45, 7) is 12.2. The van der Waals surface area contributed by atoms with Crippen LogP contribution < -0.4 is 0 Å². The van der Waals surface area contributed by atoms with Crippen molar-refractivity contribution in [1.29, 1.82) is 0 Å². The van der Waals surface area contributed by atoms with Crippen LogP contribution in [0.4, 0.5) is 0 Å². The summed E-state index contributed by atoms with van der Waals surface area (Å²) in [7, 11) is 0. The summed E-state index contributed by atoms with van der Waals surface area (Å²) in [6, 6.07) is 0. The Balaban J connectivity index is 1.48. The third-order valence-electron chi connectivity index (χ3n) is 10.1. The van der Waals surface area contributed by atoms with Gasteiger partial charge in [0.15, 0.2) is 0 Å². The van der Waals surface area contributed by atoms with E-state index >= 15 is 0 Å². The highest BCUT2D eigenvalue weighted by Crippen LogP contribution is 2.62. The van der Waals surface area contributed by atoms with Crippen LogP contribution in [0.3, 0.4) is 0 Å². The third-order valence-corrected chi connectivity index (χ3v) is 10.1. The van der Waals surface area contributed by atoms with Gasteiger partial charge < -0.3 is 5.11 Å². The molecule has 0 spiro atoms. The van der Waals surface area contributed by atoms with Crippen LogP contribution in [-0.4, -0.2) is 11.2 Å². The Morgan fingerprint density at radius 2 is 1.97 bits per heavy atom. The van der Waals surface area contributed by atoms with E-state index in [-0.39, 0.29) is 6.10 Å². The standard InChI is InChI=1S/C28H46O/c1-6-20(18(2)3)8-7-19(4)23-11-12-25-24(23)13-14-27-26(25)10-9-21-17-22(29)15-16-28(21,27)5/h9,18,20,22,24-27,29H,6-8,10-17H2,1-5H3/b23-19+/t20?,22-,24?,25?,26?,27?,28-/m0/s1. The van der Waals surface area contributed by atoms with Crippen LogP contribution in [0.2, 0.25) is 0 Å². The van der Waals surface area contributed by atoms with Crippen molar-refractivity contribution < 1.29 is 5.11 Å². The van der Waals surface area contributed by atoms with Gasteiger partial charge in [-0.05, 0) is 112 Å². The van der Waals surface area contributed by atoms with Gasteiger partial charge in [0.2, 0.25) is 0 Å². The molecule has 0 aromatic rings. The minimum atomic E-state index is -0.0799. The van der Waals surface area contributed by atoms with Crippen molar-refractivity contribution in [1.82, 2.24) is 0 Å². The van der Waals surface area contributed by atoms with Crippen molar-refractivity contribution in [3.8, 4) is 0 Å². The molecule has 3 saturated carbocycles. The summed E-state index contributed by atoms with van der Waals surface area (Å²) in [6.07, 6.45) is 16.7. The van der Waals surface area contributed by atoms with E-state index in [1.54, 1.807) is 11.1 Å². The van der Waals surface area contributed by atoms with Crippen molar-refractivity contribution in [2.24, 2.45) is 40.9 Å². The number of fused-ring (bicyclic) bond motifs is 5. The Kier molecular flexibility index (Phi) is 6.37. The lowest BCUT2D eigenvalue weighted by Crippen LogP contribution is -2.47. The highest BCUT2D eigenvalue weighted by Gasteiger charge is 2.53. The zero-order valence-corrected chi connectivity index (χ0v) is 19.8. The van der Waals surface area contributed by atoms with E-state index in [1.807, 2.05) is 5.57 Å². The van der Waals surface area contributed by atoms with E-state index in [9.17, 15) is 5.11 Å². The molecule has 164 valence electrons. The minimum Gasteiger partial charge on any atom is -0.393 e. The summed E-state index contributed by atoms with van der Waals surface area (Å²) in [5.41, 5.74) is 5.64. The zero-order valence-electron chi connectivity index (χ0n) is 19.8. The molecule has 1 heteroatoms. The SMILES string of the molecule is CCC(CC/C(C)=C1\CCC2C1CCC1C2CC=C2C[C@@H](O)CC[C@@]21C)C(C)C. The molecule has 4 aliphatic carbocycles. The van der Waals surface area contributed by atoms with Gasteiger partial charge in [0.05, 0.1) is 6.10 Å². The molecule has 5 unspecified atom stereocenters. The van der Waals surface area contributed by atoms with Crippen molar-refractivity contribution in [3.63, 3.8) is 0 Å². The maximum Gasteiger partial charge on any atom is 0.0577 e. The number of hydrogen-bond donors (Lipinski definition) is 1. The molecule has 0 amide bonds. The molecule has 0 bridgehead atoms. The van der Waals surface area contributed by atoms with E-state index in [0.29, 0.717) is 5.41 Å². The lowest BCUT2D eigenvalue weighted by atomic mass is 9.50. The highest BCUT2D eigenvalue weighted by molar-refractivity contribution is 5.28. The van der Waals surface area contributed by atoms with Gasteiger partial charge in [-0.3, -0.25) is 0 Å². The van der Waals surface area contributed by atoms with Gasteiger partial charge in [0.25, 0.3) is 0 Å². The predicted molar refractivity (Wildman–Crippen MR) is 124 cm³/mol. The Morgan fingerprint density at radius 3 is 2.69 bits per heavy atom. The van der Waals surface area contributed by atoms with E-state index in [2.05, 4.69) is 40.7 Å². The number of rotatable bonds is 5. The second-order valence-electron chi connectivity index (χ2n) is 11.7. The maximum absolute atomic E-state index is 10.2. The van der Waals surface area contributed by atoms with Gasteiger partial charge in [0, 0.05) is 0 Å². The van der Waals surface area contributed by atoms with Gasteiger partial charge in [-0.1, -0.05) is 56.9 Å². The number of hydrogen-bond acceptors (Lipinski definition) is 1. The highest BCUT2D eigenvalue weighted by atomic mass is 16.3. The fourth-order valence-electron chi connectivity index (χ4n) is 8.21. The van der Waals surface area contributed by atoms with E-state index in [4.69, 9.17) is 0 Å². The Bertz CT molecular complexity index is 655. The minimum absolute atomic E-state index is 0.0799. The molecule has 3 fully saturated rings. The Morgan fingerprint density at radius 1 is 1.17 bits per heavy atom. The predicted octanol–water partition coefficient (Wildman–Crippen LogP) is 7.70. The lowest BCUT2D eigenvalue weighted by molar-refractivity contribution is -0.00147. The maximum atomic E-state index is 10.2. The van der Waals surface area contributed by atoms with Crippen molar-refractivity contribution >= 4 is 0 Å². The van der Waals surface area contributed by atoms with Crippen LogP contribution in [0.1, 0.15) is 105 Å². The van der Waals surface area contributed by atoms with Gasteiger partial charge in [-0.15, -0.1) is 0 Å². The van der Waals surface area contributed by atoms with E-state index in [0.717, 1.165) is 48.3 Å². The molecule has 0 radical (unpaired) electrons. The number of allylic oxidation sites excluding steroid dienone is 3. The largest absolute Gasteiger partial charge is 0.393 e. The van der Waals surface area contributed by atoms with Crippen LogP contribution in [0.25, 0.3) is 0 Å². The van der Waals surface area contributed by atoms with Crippen LogP contribution in [0.15, 0.2) is 22.8 Å². The van der Waals surface area contributed by atoms with Crippen LogP contribution >= 0.6 is 0 Å². The smallest absolute Gasteiger partial charge is 0.0577 e. The van der Waals surface area contributed by atoms with E-state index in [1.165, 1.54) is 57.8 Å². The topological polar surface area (TPSA) is 20.2 Å². The monoisotopic (exact) mass is 398 g/mol. The van der Waals surface area contributed by atoms with Crippen LogP contribution in [0.5, 0.6) is 0 Å². The van der Waals surface area contributed by atoms with Crippen molar-refractivity contribution in [3.05, 3.63) is 22.8 Å². The van der Waals surface area contributed by atoms with Gasteiger partial charge in [-0.25, -0.2) is 0 Å². The normalized spacial score (nSPS) is 42.0. The molecule has 0 aromatic carbocycles. The lowest BCUT2D eigenvalue weighted by Gasteiger charge is -2.55. The fraction of sp³-hybridized carbons (Fsp3) is 0.857. The first kappa shape index (κ1) is 21.7. The summed E-state index contributed by atoms with van der Waals surface area (Å²) >= 11 is 0. The second kappa shape index (κ2) is 8.52. The van der Waals surface area contributed by atoms with Gasteiger partial charge >= 0.3 is 0 Å². The summed E-state index contributed by atoms with van der Waals surface area (Å²) in [4.78, 5) is 0. The molecular formula is C28H46O. The van der Waals surface area contributed by atoms with E-state index < -0.39 is 0 Å². The summed E-state index contributed by atoms with van der Waals surface area (Å²) in [5.74, 6) is 5.32. The Labute approximate surface area is 180 Å². The molecule has 29 heavy (non-hydrogen) atoms. The average molecular weight is 399 g/mol. The summed E-state index contributed by atoms with van der Waals surface area (Å²) in [5, 5.41) is 10.2. The molecule has 4 aliphatic rings. The molecule has 0 aromatic heterocycles. The number of aliphatic hydroxyl groups is 1. The van der Waals surface area contributed by atoms with Gasteiger partial charge in [0.1, 0.15) is 0 Å². The molecule has 1 N–H and O–H groups in total. The first-order valence-corrected chi connectivity index (χ1v) is 12.9. The first-order chi connectivity index (χ1) is 13.8. The molecule has 4 rings (SSSR count). The molecule has 0 heterocycles. The Hall–Kier alpha value is -0.560. The zero-order chi connectivity index (χ0) is 20.8. The molecule has 1 nitrogen and oxygen atoms in total. The van der Waals surface area contributed by atoms with Crippen LogP contribution in [-0.2, 0) is 0 Å². The average Bonchev–Trinajstić information content (AvgIpc) is 3.13. The number of aliphatic hydroxyl groups excluding tert-OH is 1. The molecular weight excluding hydrogens is 352 g/mol. The quantitative estimate of drug-likeness (QED) is 0.470. The molecule has 7 atom stereocenters. The van der Waals surface area contributed by atoms with Crippen molar-refractivity contribution in [2.75, 3.05) is 0 Å². The summed E-state index contributed by atoms with van der Waals surface area (Å²) < 4.78 is 0. The van der Waals surface area contributed by atoms with Crippen molar-refractivity contribution in [2.45, 2.75) is 111 Å². The molecule has 0 saturated heterocycles. The third kappa shape index (κ3) is 3.90. The fourth-order valence-corrected chi connectivity index (χ4v) is 8.21. The first-order valence-electron chi connectivity index (χ1n) is 12.9.